The van der Waals surface area contributed by atoms with Crippen molar-refractivity contribution >= 4 is 34.9 Å². The number of hydrogen-bond acceptors (Lipinski definition) is 7. The van der Waals surface area contributed by atoms with E-state index in [-0.39, 0.29) is 61.7 Å². The van der Waals surface area contributed by atoms with Gasteiger partial charge in [0.15, 0.2) is 11.6 Å². The van der Waals surface area contributed by atoms with E-state index in [1.807, 2.05) is 62.3 Å². The number of rotatable bonds is 15. The summed E-state index contributed by atoms with van der Waals surface area (Å²) in [5, 5.41) is 8.96. The lowest BCUT2D eigenvalue weighted by Gasteiger charge is -2.31. The van der Waals surface area contributed by atoms with E-state index in [2.05, 4.69) is 16.0 Å². The van der Waals surface area contributed by atoms with E-state index in [0.29, 0.717) is 0 Å². The first-order chi connectivity index (χ1) is 19.5. The molecule has 0 aromatic rings. The van der Waals surface area contributed by atoms with Gasteiger partial charge < -0.3 is 16.0 Å². The van der Waals surface area contributed by atoms with Gasteiger partial charge in [0.1, 0.15) is 11.6 Å². The molecule has 0 aliphatic carbocycles. The van der Waals surface area contributed by atoms with Crippen molar-refractivity contribution in [2.45, 2.75) is 166 Å². The zero-order valence-corrected chi connectivity index (χ0v) is 30.4. The highest BCUT2D eigenvalue weighted by Gasteiger charge is 2.36. The highest BCUT2D eigenvalue weighted by atomic mass is 16.2. The van der Waals surface area contributed by atoms with Crippen LogP contribution in [0.2, 0.25) is 0 Å². The first-order valence-electron chi connectivity index (χ1n) is 16.0. The predicted molar refractivity (Wildman–Crippen MR) is 176 cm³/mol. The minimum atomic E-state index is -0.860. The van der Waals surface area contributed by atoms with E-state index in [1.54, 1.807) is 41.5 Å². The van der Waals surface area contributed by atoms with Crippen molar-refractivity contribution in [2.24, 2.45) is 21.7 Å². The average Bonchev–Trinajstić information content (AvgIpc) is 2.82. The fourth-order valence-corrected chi connectivity index (χ4v) is 4.49. The van der Waals surface area contributed by atoms with Gasteiger partial charge in [-0.2, -0.15) is 0 Å². The molecule has 2 amide bonds. The van der Waals surface area contributed by atoms with Crippen molar-refractivity contribution in [3.05, 3.63) is 0 Å². The van der Waals surface area contributed by atoms with E-state index in [0.717, 1.165) is 0 Å². The van der Waals surface area contributed by atoms with Crippen LogP contribution in [-0.2, 0) is 28.8 Å². The first kappa shape index (κ1) is 41.6. The Morgan fingerprint density at radius 3 is 1.11 bits per heavy atom. The summed E-state index contributed by atoms with van der Waals surface area (Å²) in [4.78, 5) is 78.4. The van der Waals surface area contributed by atoms with Crippen LogP contribution in [0.5, 0.6) is 0 Å². The summed E-state index contributed by atoms with van der Waals surface area (Å²) in [6, 6.07) is -2.50. The van der Waals surface area contributed by atoms with E-state index in [1.165, 1.54) is 0 Å². The van der Waals surface area contributed by atoms with Crippen LogP contribution in [0.4, 0.5) is 0 Å². The topological polar surface area (TPSA) is 139 Å². The number of carbonyl (C=O) groups excluding carboxylic acids is 6. The van der Waals surface area contributed by atoms with Crippen LogP contribution < -0.4 is 16.0 Å². The van der Waals surface area contributed by atoms with Crippen molar-refractivity contribution < 1.29 is 28.8 Å². The van der Waals surface area contributed by atoms with Gasteiger partial charge in [0.25, 0.3) is 0 Å². The van der Waals surface area contributed by atoms with Crippen molar-refractivity contribution in [1.82, 2.24) is 16.0 Å². The van der Waals surface area contributed by atoms with Crippen LogP contribution in [0.1, 0.15) is 142 Å². The summed E-state index contributed by atoms with van der Waals surface area (Å²) in [7, 11) is 0. The van der Waals surface area contributed by atoms with Gasteiger partial charge in [-0.05, 0) is 40.0 Å². The van der Waals surface area contributed by atoms with Crippen LogP contribution >= 0.6 is 0 Å². The van der Waals surface area contributed by atoms with Gasteiger partial charge in [-0.25, -0.2) is 0 Å². The summed E-state index contributed by atoms with van der Waals surface area (Å²) in [5.41, 5.74) is -3.05. The molecule has 0 spiro atoms. The number of hydrogen-bond donors (Lipinski definition) is 3. The highest BCUT2D eigenvalue weighted by molar-refractivity contribution is 5.95. The molecule has 0 aromatic heterocycles. The Bertz CT molecular complexity index is 1040. The third kappa shape index (κ3) is 15.5. The smallest absolute Gasteiger partial charge is 0.237 e. The van der Waals surface area contributed by atoms with E-state index < -0.39 is 57.1 Å². The predicted octanol–water partition coefficient (Wildman–Crippen LogP) is 5.51. The molecular weight excluding hydrogens is 558 g/mol. The Labute approximate surface area is 267 Å². The third-order valence-corrected chi connectivity index (χ3v) is 7.34. The molecular formula is C35H63N3O6. The molecule has 9 nitrogen and oxygen atoms in total. The molecule has 9 heteroatoms. The number of carbonyl (C=O) groups is 6. The molecule has 0 aromatic carbocycles. The Hall–Kier alpha value is -2.42. The summed E-state index contributed by atoms with van der Waals surface area (Å²) in [6.45, 7) is 27.3. The maximum atomic E-state index is 13.6. The number of nitrogens with one attached hydrogen (secondary N) is 3. The highest BCUT2D eigenvalue weighted by Crippen LogP contribution is 2.24. The Kier molecular flexibility index (Phi) is 14.9. The van der Waals surface area contributed by atoms with Gasteiger partial charge in [0, 0.05) is 46.5 Å². The van der Waals surface area contributed by atoms with Crippen molar-refractivity contribution in [3.63, 3.8) is 0 Å². The van der Waals surface area contributed by atoms with Crippen molar-refractivity contribution in [2.75, 3.05) is 0 Å². The molecule has 0 saturated carbocycles. The molecule has 44 heavy (non-hydrogen) atoms. The molecule has 3 atom stereocenters. The second-order valence-corrected chi connectivity index (χ2v) is 17.3. The Morgan fingerprint density at radius 1 is 0.455 bits per heavy atom. The zero-order valence-electron chi connectivity index (χ0n) is 30.4. The SMILES string of the molecule is CC(C)(C)N[C@@H](CCC(=O)N[C@@H](CCC(=O)C(C)(C)C)C(=O)C(C)(C)C)C(=O)N[C@@H](CCC(=O)C(C)(C)C)C(=O)C(C)(C)C. The summed E-state index contributed by atoms with van der Waals surface area (Å²) >= 11 is 0. The second kappa shape index (κ2) is 15.7. The van der Waals surface area contributed by atoms with Crippen molar-refractivity contribution in [1.29, 1.82) is 0 Å². The molecule has 0 aliphatic heterocycles. The number of amides is 2. The Morgan fingerprint density at radius 2 is 0.795 bits per heavy atom. The first-order valence-corrected chi connectivity index (χ1v) is 16.0. The maximum Gasteiger partial charge on any atom is 0.237 e. The van der Waals surface area contributed by atoms with Gasteiger partial charge in [0.05, 0.1) is 18.1 Å². The van der Waals surface area contributed by atoms with E-state index >= 15 is 0 Å². The van der Waals surface area contributed by atoms with Crippen LogP contribution in [0.3, 0.4) is 0 Å². The monoisotopic (exact) mass is 621 g/mol. The quantitative estimate of drug-likeness (QED) is 0.219. The van der Waals surface area contributed by atoms with Gasteiger partial charge in [-0.3, -0.25) is 28.8 Å². The van der Waals surface area contributed by atoms with Gasteiger partial charge in [-0.15, -0.1) is 0 Å². The van der Waals surface area contributed by atoms with E-state index in [4.69, 9.17) is 0 Å². The summed E-state index contributed by atoms with van der Waals surface area (Å²) < 4.78 is 0. The third-order valence-electron chi connectivity index (χ3n) is 7.34. The van der Waals surface area contributed by atoms with Crippen LogP contribution in [-0.4, -0.2) is 58.6 Å². The lowest BCUT2D eigenvalue weighted by Crippen LogP contribution is -2.56. The molecule has 254 valence electrons. The largest absolute Gasteiger partial charge is 0.346 e. The lowest BCUT2D eigenvalue weighted by atomic mass is 9.82. The second-order valence-electron chi connectivity index (χ2n) is 17.3. The molecule has 3 N–H and O–H groups in total. The molecule has 0 bridgehead atoms. The molecule has 0 radical (unpaired) electrons. The molecule has 0 fully saturated rings. The van der Waals surface area contributed by atoms with E-state index in [9.17, 15) is 28.8 Å². The normalized spacial score (nSPS) is 15.2. The zero-order chi connectivity index (χ0) is 35.1. The number of ketones is 4. The number of Topliss-reactive ketones (excluding diaryl/α,β-unsaturated/α-hetero) is 4. The van der Waals surface area contributed by atoms with Crippen LogP contribution in [0.15, 0.2) is 0 Å². The molecule has 0 rings (SSSR count). The van der Waals surface area contributed by atoms with Crippen LogP contribution in [0.25, 0.3) is 0 Å². The standard InChI is InChI=1S/C35H63N3O6/c1-31(2,3)25(39)19-16-22(28(42)33(7,8)9)36-27(41)21-18-24(38-35(13,14)15)30(44)37-23(29(43)34(10,11)12)17-20-26(40)32(4,5)6/h22-24,38H,16-21H2,1-15H3,(H,36,41)(H,37,44)/t22-,23-,24-/m0/s1. The minimum absolute atomic E-state index is 0.00283. The minimum Gasteiger partial charge on any atom is -0.346 e. The summed E-state index contributed by atoms with van der Waals surface area (Å²) in [5.74, 6) is -1.16. The fraction of sp³-hybridized carbons (Fsp3) is 0.829. The summed E-state index contributed by atoms with van der Waals surface area (Å²) in [6.07, 6.45) is 0.758. The molecule has 0 saturated heterocycles. The maximum absolute atomic E-state index is 13.6. The molecule has 0 heterocycles. The molecule has 0 unspecified atom stereocenters. The van der Waals surface area contributed by atoms with Crippen molar-refractivity contribution in [3.8, 4) is 0 Å². The van der Waals surface area contributed by atoms with Gasteiger partial charge in [-0.1, -0.05) is 83.1 Å². The Balaban J connectivity index is 5.88. The van der Waals surface area contributed by atoms with Gasteiger partial charge in [0.2, 0.25) is 11.8 Å². The molecule has 0 aliphatic rings. The lowest BCUT2D eigenvalue weighted by molar-refractivity contribution is -0.135. The van der Waals surface area contributed by atoms with Crippen LogP contribution in [0, 0.1) is 21.7 Å². The fourth-order valence-electron chi connectivity index (χ4n) is 4.49. The van der Waals surface area contributed by atoms with Gasteiger partial charge >= 0.3 is 0 Å². The average molecular weight is 622 g/mol.